The third-order valence-corrected chi connectivity index (χ3v) is 3.50. The summed E-state index contributed by atoms with van der Waals surface area (Å²) in [6, 6.07) is 8.05. The molecule has 0 amide bonds. The zero-order valence-electron chi connectivity index (χ0n) is 9.99. The summed E-state index contributed by atoms with van der Waals surface area (Å²) >= 11 is 10.3. The summed E-state index contributed by atoms with van der Waals surface area (Å²) in [5.74, 6) is 1.63. The van der Waals surface area contributed by atoms with Crippen molar-refractivity contribution in [2.75, 3.05) is 19.3 Å². The SMILES string of the molecule is CCC(CS)CN(C)Cc1cccc(Cl)c1. The lowest BCUT2D eigenvalue weighted by atomic mass is 10.1. The van der Waals surface area contributed by atoms with Crippen LogP contribution in [0.2, 0.25) is 5.02 Å². The molecule has 0 aromatic heterocycles. The minimum atomic E-state index is 0.674. The maximum Gasteiger partial charge on any atom is 0.0409 e. The second-order valence-corrected chi connectivity index (χ2v) is 5.09. The summed E-state index contributed by atoms with van der Waals surface area (Å²) in [5, 5.41) is 0.812. The van der Waals surface area contributed by atoms with Gasteiger partial charge in [0.05, 0.1) is 0 Å². The molecule has 0 radical (unpaired) electrons. The summed E-state index contributed by atoms with van der Waals surface area (Å²) in [4.78, 5) is 2.33. The molecule has 0 saturated heterocycles. The van der Waals surface area contributed by atoms with Crippen LogP contribution in [-0.2, 0) is 6.54 Å². The van der Waals surface area contributed by atoms with Crippen molar-refractivity contribution in [1.82, 2.24) is 4.90 Å². The Morgan fingerprint density at radius 3 is 2.75 bits per heavy atom. The Labute approximate surface area is 109 Å². The quantitative estimate of drug-likeness (QED) is 0.760. The van der Waals surface area contributed by atoms with E-state index in [2.05, 4.69) is 37.6 Å². The van der Waals surface area contributed by atoms with Gasteiger partial charge in [-0.15, -0.1) is 0 Å². The maximum atomic E-state index is 5.96. The fraction of sp³-hybridized carbons (Fsp3) is 0.538. The first-order valence-electron chi connectivity index (χ1n) is 5.69. The van der Waals surface area contributed by atoms with Gasteiger partial charge in [-0.2, -0.15) is 12.6 Å². The maximum absolute atomic E-state index is 5.96. The first-order chi connectivity index (χ1) is 7.65. The second-order valence-electron chi connectivity index (χ2n) is 4.28. The molecule has 3 heteroatoms. The van der Waals surface area contributed by atoms with Gasteiger partial charge in [0.15, 0.2) is 0 Å². The second kappa shape index (κ2) is 7.21. The van der Waals surface area contributed by atoms with Gasteiger partial charge < -0.3 is 4.90 Å². The molecule has 0 heterocycles. The Morgan fingerprint density at radius 1 is 1.44 bits per heavy atom. The zero-order chi connectivity index (χ0) is 12.0. The molecule has 0 saturated carbocycles. The van der Waals surface area contributed by atoms with Crippen LogP contribution in [0.15, 0.2) is 24.3 Å². The van der Waals surface area contributed by atoms with Gasteiger partial charge in [-0.3, -0.25) is 0 Å². The Balaban J connectivity index is 2.47. The first kappa shape index (κ1) is 13.9. The Morgan fingerprint density at radius 2 is 2.19 bits per heavy atom. The zero-order valence-corrected chi connectivity index (χ0v) is 11.6. The summed E-state index contributed by atoms with van der Waals surface area (Å²) in [7, 11) is 2.15. The third-order valence-electron chi connectivity index (χ3n) is 2.75. The smallest absolute Gasteiger partial charge is 0.0409 e. The molecular formula is C13H20ClNS. The van der Waals surface area contributed by atoms with Crippen LogP contribution in [0.3, 0.4) is 0 Å². The van der Waals surface area contributed by atoms with Crippen molar-refractivity contribution >= 4 is 24.2 Å². The van der Waals surface area contributed by atoms with Gasteiger partial charge in [-0.05, 0) is 36.4 Å². The van der Waals surface area contributed by atoms with Crippen molar-refractivity contribution in [3.63, 3.8) is 0 Å². The molecule has 0 aliphatic heterocycles. The monoisotopic (exact) mass is 257 g/mol. The first-order valence-corrected chi connectivity index (χ1v) is 6.70. The summed E-state index contributed by atoms with van der Waals surface area (Å²) in [6.07, 6.45) is 1.18. The predicted molar refractivity (Wildman–Crippen MR) is 75.4 cm³/mol. The molecule has 0 aliphatic carbocycles. The number of halogens is 1. The fourth-order valence-corrected chi connectivity index (χ4v) is 2.35. The number of hydrogen-bond acceptors (Lipinski definition) is 2. The largest absolute Gasteiger partial charge is 0.302 e. The molecule has 1 nitrogen and oxygen atoms in total. The summed E-state index contributed by atoms with van der Waals surface area (Å²) < 4.78 is 0. The van der Waals surface area contributed by atoms with E-state index in [1.54, 1.807) is 0 Å². The highest BCUT2D eigenvalue weighted by Crippen LogP contribution is 2.13. The highest BCUT2D eigenvalue weighted by Gasteiger charge is 2.08. The average Bonchev–Trinajstić information content (AvgIpc) is 2.26. The van der Waals surface area contributed by atoms with E-state index in [0.717, 1.165) is 23.9 Å². The molecule has 0 spiro atoms. The van der Waals surface area contributed by atoms with Crippen LogP contribution < -0.4 is 0 Å². The third kappa shape index (κ3) is 4.77. The molecule has 1 aromatic carbocycles. The standard InChI is InChI=1S/C13H20ClNS/c1-3-11(10-16)8-15(2)9-12-5-4-6-13(14)7-12/h4-7,11,16H,3,8-10H2,1-2H3. The predicted octanol–water partition coefficient (Wildman–Crippen LogP) is 3.73. The van der Waals surface area contributed by atoms with E-state index in [0.29, 0.717) is 5.92 Å². The number of thiol groups is 1. The van der Waals surface area contributed by atoms with Crippen molar-refractivity contribution in [3.8, 4) is 0 Å². The molecule has 0 N–H and O–H groups in total. The van der Waals surface area contributed by atoms with E-state index in [4.69, 9.17) is 11.6 Å². The van der Waals surface area contributed by atoms with Crippen LogP contribution in [0.1, 0.15) is 18.9 Å². The van der Waals surface area contributed by atoms with E-state index < -0.39 is 0 Å². The lowest BCUT2D eigenvalue weighted by Gasteiger charge is -2.22. The van der Waals surface area contributed by atoms with Gasteiger partial charge >= 0.3 is 0 Å². The Kier molecular flexibility index (Phi) is 6.25. The van der Waals surface area contributed by atoms with Gasteiger partial charge in [-0.25, -0.2) is 0 Å². The van der Waals surface area contributed by atoms with E-state index >= 15 is 0 Å². The molecule has 1 unspecified atom stereocenters. The van der Waals surface area contributed by atoms with E-state index in [9.17, 15) is 0 Å². The van der Waals surface area contributed by atoms with Crippen molar-refractivity contribution in [2.24, 2.45) is 5.92 Å². The minimum absolute atomic E-state index is 0.674. The van der Waals surface area contributed by atoms with Crippen molar-refractivity contribution in [3.05, 3.63) is 34.9 Å². The van der Waals surface area contributed by atoms with Gasteiger partial charge in [0, 0.05) is 18.1 Å². The number of rotatable bonds is 6. The lowest BCUT2D eigenvalue weighted by Crippen LogP contribution is -2.26. The van der Waals surface area contributed by atoms with Crippen LogP contribution >= 0.6 is 24.2 Å². The van der Waals surface area contributed by atoms with Gasteiger partial charge in [-0.1, -0.05) is 37.1 Å². The van der Waals surface area contributed by atoms with Crippen LogP contribution in [0, 0.1) is 5.92 Å². The summed E-state index contributed by atoms with van der Waals surface area (Å²) in [5.41, 5.74) is 1.27. The van der Waals surface area contributed by atoms with E-state index in [-0.39, 0.29) is 0 Å². The minimum Gasteiger partial charge on any atom is -0.302 e. The normalized spacial score (nSPS) is 13.1. The van der Waals surface area contributed by atoms with Crippen molar-refractivity contribution in [1.29, 1.82) is 0 Å². The molecule has 90 valence electrons. The summed E-state index contributed by atoms with van der Waals surface area (Å²) in [6.45, 7) is 4.26. The van der Waals surface area contributed by atoms with Crippen LogP contribution in [0.25, 0.3) is 0 Å². The topological polar surface area (TPSA) is 3.24 Å². The Hall–Kier alpha value is -0.180. The number of benzene rings is 1. The number of nitrogens with zero attached hydrogens (tertiary/aromatic N) is 1. The molecular weight excluding hydrogens is 238 g/mol. The average molecular weight is 258 g/mol. The molecule has 0 aliphatic rings. The van der Waals surface area contributed by atoms with Crippen LogP contribution in [0.4, 0.5) is 0 Å². The van der Waals surface area contributed by atoms with Crippen LogP contribution in [0.5, 0.6) is 0 Å². The molecule has 1 atom stereocenters. The van der Waals surface area contributed by atoms with E-state index in [1.165, 1.54) is 12.0 Å². The highest BCUT2D eigenvalue weighted by atomic mass is 35.5. The fourth-order valence-electron chi connectivity index (χ4n) is 1.77. The molecule has 0 bridgehead atoms. The molecule has 16 heavy (non-hydrogen) atoms. The molecule has 0 fully saturated rings. The van der Waals surface area contributed by atoms with E-state index in [1.807, 2.05) is 18.2 Å². The van der Waals surface area contributed by atoms with Crippen LogP contribution in [-0.4, -0.2) is 24.2 Å². The van der Waals surface area contributed by atoms with Gasteiger partial charge in [0.25, 0.3) is 0 Å². The van der Waals surface area contributed by atoms with Crippen molar-refractivity contribution < 1.29 is 0 Å². The highest BCUT2D eigenvalue weighted by molar-refractivity contribution is 7.80. The Bertz CT molecular complexity index is 313. The number of hydrogen-bond donors (Lipinski definition) is 1. The van der Waals surface area contributed by atoms with Gasteiger partial charge in [0.1, 0.15) is 0 Å². The molecule has 1 rings (SSSR count). The van der Waals surface area contributed by atoms with Crippen molar-refractivity contribution in [2.45, 2.75) is 19.9 Å². The van der Waals surface area contributed by atoms with Gasteiger partial charge in [0.2, 0.25) is 0 Å². The lowest BCUT2D eigenvalue weighted by molar-refractivity contribution is 0.278. The molecule has 1 aromatic rings.